The average Bonchev–Trinajstić information content (AvgIpc) is 3.10. The summed E-state index contributed by atoms with van der Waals surface area (Å²) in [6.07, 6.45) is 0.104. The Balaban J connectivity index is 1.39. The van der Waals surface area contributed by atoms with Crippen LogP contribution in [-0.2, 0) is 14.3 Å². The van der Waals surface area contributed by atoms with Crippen molar-refractivity contribution in [2.24, 2.45) is 0 Å². The highest BCUT2D eigenvalue weighted by molar-refractivity contribution is 8.00. The van der Waals surface area contributed by atoms with E-state index >= 15 is 0 Å². The lowest BCUT2D eigenvalue weighted by Gasteiger charge is -2.15. The Bertz CT molecular complexity index is 1210. The lowest BCUT2D eigenvalue weighted by Crippen LogP contribution is -2.31. The standard InChI is InChI=1S/C25H18ClNO5S/c26-20-9-5-4-8-19(20)21(28)15-32-25(31)16-10-12-17(13-11-16)27-23(29)14-22(24(27)30)33-18-6-2-1-3-7-18/h1-13,22H,14-15H2. The van der Waals surface area contributed by atoms with E-state index in [0.717, 1.165) is 9.80 Å². The molecule has 3 aromatic rings. The molecule has 1 atom stereocenters. The summed E-state index contributed by atoms with van der Waals surface area (Å²) in [6, 6.07) is 21.9. The lowest BCUT2D eigenvalue weighted by atomic mass is 10.1. The molecule has 3 aromatic carbocycles. The van der Waals surface area contributed by atoms with Gasteiger partial charge in [-0.3, -0.25) is 14.4 Å². The molecule has 4 rings (SSSR count). The van der Waals surface area contributed by atoms with E-state index in [1.165, 1.54) is 36.0 Å². The van der Waals surface area contributed by atoms with Crippen LogP contribution in [0, 0.1) is 0 Å². The van der Waals surface area contributed by atoms with Crippen molar-refractivity contribution >= 4 is 52.6 Å². The van der Waals surface area contributed by atoms with E-state index in [1.54, 1.807) is 24.3 Å². The van der Waals surface area contributed by atoms with Crippen LogP contribution in [0.1, 0.15) is 27.1 Å². The zero-order valence-electron chi connectivity index (χ0n) is 17.3. The number of rotatable bonds is 7. The molecule has 0 radical (unpaired) electrons. The minimum atomic E-state index is -0.696. The second-order valence-electron chi connectivity index (χ2n) is 7.22. The van der Waals surface area contributed by atoms with Gasteiger partial charge < -0.3 is 4.74 Å². The van der Waals surface area contributed by atoms with E-state index < -0.39 is 23.6 Å². The van der Waals surface area contributed by atoms with Gasteiger partial charge in [0.1, 0.15) is 0 Å². The van der Waals surface area contributed by atoms with E-state index in [0.29, 0.717) is 5.69 Å². The third kappa shape index (κ3) is 5.16. The van der Waals surface area contributed by atoms with E-state index in [9.17, 15) is 19.2 Å². The molecule has 1 aliphatic rings. The zero-order chi connectivity index (χ0) is 23.4. The van der Waals surface area contributed by atoms with Gasteiger partial charge in [0, 0.05) is 16.9 Å². The van der Waals surface area contributed by atoms with E-state index in [1.807, 2.05) is 30.3 Å². The summed E-state index contributed by atoms with van der Waals surface area (Å²) in [5.74, 6) is -1.71. The summed E-state index contributed by atoms with van der Waals surface area (Å²) < 4.78 is 5.09. The van der Waals surface area contributed by atoms with Crippen LogP contribution in [0.3, 0.4) is 0 Å². The number of esters is 1. The van der Waals surface area contributed by atoms with E-state index in [2.05, 4.69) is 0 Å². The summed E-state index contributed by atoms with van der Waals surface area (Å²) in [7, 11) is 0. The van der Waals surface area contributed by atoms with Gasteiger partial charge in [0.15, 0.2) is 6.61 Å². The largest absolute Gasteiger partial charge is 0.454 e. The smallest absolute Gasteiger partial charge is 0.338 e. The maximum Gasteiger partial charge on any atom is 0.338 e. The molecule has 0 saturated carbocycles. The monoisotopic (exact) mass is 479 g/mol. The number of thioether (sulfide) groups is 1. The first-order valence-corrected chi connectivity index (χ1v) is 11.3. The molecule has 0 N–H and O–H groups in total. The molecule has 0 aromatic heterocycles. The first-order chi connectivity index (χ1) is 15.9. The van der Waals surface area contributed by atoms with Gasteiger partial charge in [-0.05, 0) is 48.5 Å². The number of nitrogens with zero attached hydrogens (tertiary/aromatic N) is 1. The number of benzene rings is 3. The van der Waals surface area contributed by atoms with Gasteiger partial charge in [-0.15, -0.1) is 11.8 Å². The van der Waals surface area contributed by atoms with Crippen LogP contribution in [0.5, 0.6) is 0 Å². The number of hydrogen-bond acceptors (Lipinski definition) is 6. The number of anilines is 1. The van der Waals surface area contributed by atoms with Crippen molar-refractivity contribution in [1.82, 2.24) is 0 Å². The number of ether oxygens (including phenoxy) is 1. The molecular formula is C25H18ClNO5S. The molecule has 2 amide bonds. The summed E-state index contributed by atoms with van der Waals surface area (Å²) in [5, 5.41) is -0.216. The number of Topliss-reactive ketones (excluding diaryl/α,β-unsaturated/α-hetero) is 1. The number of halogens is 1. The highest BCUT2D eigenvalue weighted by Gasteiger charge is 2.40. The third-order valence-corrected chi connectivity index (χ3v) is 6.52. The van der Waals surface area contributed by atoms with Crippen LogP contribution in [-0.4, -0.2) is 35.4 Å². The molecule has 33 heavy (non-hydrogen) atoms. The van der Waals surface area contributed by atoms with E-state index in [4.69, 9.17) is 16.3 Å². The van der Waals surface area contributed by atoms with Crippen LogP contribution < -0.4 is 4.90 Å². The predicted octanol–water partition coefficient (Wildman–Crippen LogP) is 4.80. The van der Waals surface area contributed by atoms with E-state index in [-0.39, 0.29) is 34.4 Å². The Hall–Kier alpha value is -3.42. The molecule has 8 heteroatoms. The van der Waals surface area contributed by atoms with Crippen molar-refractivity contribution in [2.45, 2.75) is 16.6 Å². The fourth-order valence-electron chi connectivity index (χ4n) is 3.36. The summed E-state index contributed by atoms with van der Waals surface area (Å²) in [6.45, 7) is -0.453. The molecule has 1 fully saturated rings. The molecule has 166 valence electrons. The van der Waals surface area contributed by atoms with Crippen molar-refractivity contribution in [1.29, 1.82) is 0 Å². The minimum absolute atomic E-state index is 0.104. The molecule has 0 bridgehead atoms. The normalized spacial score (nSPS) is 15.5. The van der Waals surface area contributed by atoms with Crippen LogP contribution in [0.2, 0.25) is 5.02 Å². The molecule has 1 heterocycles. The van der Waals surface area contributed by atoms with Gasteiger partial charge in [-0.1, -0.05) is 41.9 Å². The number of hydrogen-bond donors (Lipinski definition) is 0. The molecular weight excluding hydrogens is 462 g/mol. The molecule has 1 aliphatic heterocycles. The first-order valence-electron chi connectivity index (χ1n) is 10.1. The topological polar surface area (TPSA) is 80.8 Å². The second kappa shape index (κ2) is 10.0. The summed E-state index contributed by atoms with van der Waals surface area (Å²) in [4.78, 5) is 51.9. The van der Waals surface area contributed by atoms with Gasteiger partial charge >= 0.3 is 5.97 Å². The van der Waals surface area contributed by atoms with Crippen LogP contribution in [0.15, 0.2) is 83.8 Å². The van der Waals surface area contributed by atoms with Gasteiger partial charge in [0.25, 0.3) is 0 Å². The van der Waals surface area contributed by atoms with Crippen LogP contribution in [0.25, 0.3) is 0 Å². The van der Waals surface area contributed by atoms with Crippen molar-refractivity contribution in [3.05, 3.63) is 95.0 Å². The Morgan fingerprint density at radius 3 is 2.30 bits per heavy atom. The van der Waals surface area contributed by atoms with Gasteiger partial charge in [-0.2, -0.15) is 0 Å². The van der Waals surface area contributed by atoms with Crippen molar-refractivity contribution < 1.29 is 23.9 Å². The number of imide groups is 1. The van der Waals surface area contributed by atoms with Crippen LogP contribution in [0.4, 0.5) is 5.69 Å². The number of carbonyl (C=O) groups is 4. The first kappa shape index (κ1) is 22.8. The molecule has 0 spiro atoms. The zero-order valence-corrected chi connectivity index (χ0v) is 18.8. The summed E-state index contributed by atoms with van der Waals surface area (Å²) >= 11 is 7.34. The Labute approximate surface area is 199 Å². The number of amides is 2. The van der Waals surface area contributed by atoms with Crippen molar-refractivity contribution in [3.63, 3.8) is 0 Å². The fourth-order valence-corrected chi connectivity index (χ4v) is 4.67. The lowest BCUT2D eigenvalue weighted by molar-refractivity contribution is -0.121. The van der Waals surface area contributed by atoms with Crippen molar-refractivity contribution in [2.75, 3.05) is 11.5 Å². The van der Waals surface area contributed by atoms with Gasteiger partial charge in [-0.25, -0.2) is 9.69 Å². The Morgan fingerprint density at radius 2 is 1.61 bits per heavy atom. The molecule has 0 aliphatic carbocycles. The number of ketones is 1. The molecule has 1 saturated heterocycles. The fraction of sp³-hybridized carbons (Fsp3) is 0.120. The maximum absolute atomic E-state index is 12.8. The quantitative estimate of drug-likeness (QED) is 0.275. The Morgan fingerprint density at radius 1 is 0.939 bits per heavy atom. The number of carbonyl (C=O) groups excluding carboxylic acids is 4. The molecule has 1 unspecified atom stereocenters. The van der Waals surface area contributed by atoms with Gasteiger partial charge in [0.05, 0.1) is 21.5 Å². The molecule has 6 nitrogen and oxygen atoms in total. The maximum atomic E-state index is 12.8. The second-order valence-corrected chi connectivity index (χ2v) is 8.90. The average molecular weight is 480 g/mol. The minimum Gasteiger partial charge on any atom is -0.454 e. The SMILES string of the molecule is O=C(OCC(=O)c1ccccc1Cl)c1ccc(N2C(=O)CC(Sc3ccccc3)C2=O)cc1. The highest BCUT2D eigenvalue weighted by Crippen LogP contribution is 2.33. The van der Waals surface area contributed by atoms with Crippen LogP contribution >= 0.6 is 23.4 Å². The van der Waals surface area contributed by atoms with Gasteiger partial charge in [0.2, 0.25) is 17.6 Å². The highest BCUT2D eigenvalue weighted by atomic mass is 35.5. The predicted molar refractivity (Wildman–Crippen MR) is 126 cm³/mol. The Kier molecular flexibility index (Phi) is 6.91. The third-order valence-electron chi connectivity index (χ3n) is 5.00. The summed E-state index contributed by atoms with van der Waals surface area (Å²) in [5.41, 5.74) is 0.848. The van der Waals surface area contributed by atoms with Crippen molar-refractivity contribution in [3.8, 4) is 0 Å².